The molecule has 2 heteroatoms. The number of aliphatic hydroxyl groups is 1. The molecule has 16 heavy (non-hydrogen) atoms. The smallest absolute Gasteiger partial charge is 0.0761 e. The molecule has 1 aromatic rings. The average molecular weight is 217 g/mol. The van der Waals surface area contributed by atoms with Crippen molar-refractivity contribution < 1.29 is 5.11 Å². The van der Waals surface area contributed by atoms with Crippen LogP contribution in [0.5, 0.6) is 0 Å². The van der Waals surface area contributed by atoms with Crippen LogP contribution in [0.25, 0.3) is 0 Å². The van der Waals surface area contributed by atoms with E-state index >= 15 is 0 Å². The summed E-state index contributed by atoms with van der Waals surface area (Å²) in [6.07, 6.45) is 3.32. The van der Waals surface area contributed by atoms with E-state index in [9.17, 15) is 5.11 Å². The Labute approximate surface area is 97.5 Å². The first-order valence-electron chi connectivity index (χ1n) is 5.43. The highest BCUT2D eigenvalue weighted by atomic mass is 16.3. The van der Waals surface area contributed by atoms with Gasteiger partial charge in [0.05, 0.1) is 6.10 Å². The number of hydrogen-bond donors (Lipinski definition) is 1. The summed E-state index contributed by atoms with van der Waals surface area (Å²) in [6, 6.07) is 7.91. The van der Waals surface area contributed by atoms with Gasteiger partial charge >= 0.3 is 0 Å². The van der Waals surface area contributed by atoms with Gasteiger partial charge in [0.1, 0.15) is 0 Å². The highest BCUT2D eigenvalue weighted by Crippen LogP contribution is 2.18. The van der Waals surface area contributed by atoms with Gasteiger partial charge < -0.3 is 10.0 Å². The molecule has 0 spiro atoms. The lowest BCUT2D eigenvalue weighted by atomic mass is 10.1. The van der Waals surface area contributed by atoms with E-state index in [1.165, 1.54) is 0 Å². The van der Waals surface area contributed by atoms with E-state index in [0.717, 1.165) is 24.3 Å². The average Bonchev–Trinajstić information content (AvgIpc) is 2.29. The molecule has 1 atom stereocenters. The number of rotatable bonds is 6. The fourth-order valence-corrected chi connectivity index (χ4v) is 1.56. The molecule has 0 unspecified atom stereocenters. The highest BCUT2D eigenvalue weighted by molar-refractivity contribution is 5.49. The maximum Gasteiger partial charge on any atom is 0.0761 e. The fourth-order valence-electron chi connectivity index (χ4n) is 1.56. The van der Waals surface area contributed by atoms with Crippen molar-refractivity contribution in [3.8, 4) is 0 Å². The fraction of sp³-hybridized carbons (Fsp3) is 0.286. The minimum absolute atomic E-state index is 0.415. The van der Waals surface area contributed by atoms with Gasteiger partial charge in [-0.2, -0.15) is 0 Å². The van der Waals surface area contributed by atoms with Crippen LogP contribution >= 0.6 is 0 Å². The van der Waals surface area contributed by atoms with Crippen molar-refractivity contribution >= 4 is 5.69 Å². The molecule has 0 fully saturated rings. The molecule has 0 heterocycles. The van der Waals surface area contributed by atoms with E-state index in [2.05, 4.69) is 18.1 Å². The Kier molecular flexibility index (Phi) is 4.80. The third-order valence-electron chi connectivity index (χ3n) is 2.44. The molecular weight excluding hydrogens is 198 g/mol. The summed E-state index contributed by atoms with van der Waals surface area (Å²) in [5.74, 6) is 0. The van der Waals surface area contributed by atoms with Crippen molar-refractivity contribution in [3.05, 3.63) is 55.1 Å². The van der Waals surface area contributed by atoms with Crippen LogP contribution in [0.2, 0.25) is 0 Å². The standard InChI is InChI=1S/C14H19NO/c1-4-10-15(11-5-2)14-8-6-13(7-9-14)12(3)16/h4-9,12,16H,1-2,10-11H2,3H3/t12-/m0/s1. The summed E-state index contributed by atoms with van der Waals surface area (Å²) in [5, 5.41) is 9.41. The molecule has 1 aromatic carbocycles. The molecule has 0 amide bonds. The van der Waals surface area contributed by atoms with Crippen LogP contribution in [-0.4, -0.2) is 18.2 Å². The van der Waals surface area contributed by atoms with Crippen LogP contribution in [0.1, 0.15) is 18.6 Å². The summed E-state index contributed by atoms with van der Waals surface area (Å²) >= 11 is 0. The van der Waals surface area contributed by atoms with Crippen LogP contribution in [0.15, 0.2) is 49.6 Å². The van der Waals surface area contributed by atoms with Crippen LogP contribution in [-0.2, 0) is 0 Å². The SMILES string of the molecule is C=CCN(CC=C)c1ccc([C@H](C)O)cc1. The quantitative estimate of drug-likeness (QED) is 0.741. The molecule has 1 rings (SSSR count). The second kappa shape index (κ2) is 6.13. The lowest BCUT2D eigenvalue weighted by Gasteiger charge is -2.22. The first-order chi connectivity index (χ1) is 7.69. The second-order valence-corrected chi connectivity index (χ2v) is 3.75. The van der Waals surface area contributed by atoms with Crippen LogP contribution < -0.4 is 4.90 Å². The van der Waals surface area contributed by atoms with Gasteiger partial charge in [0, 0.05) is 18.8 Å². The summed E-state index contributed by atoms with van der Waals surface area (Å²) < 4.78 is 0. The lowest BCUT2D eigenvalue weighted by Crippen LogP contribution is -2.22. The number of anilines is 1. The third-order valence-corrected chi connectivity index (χ3v) is 2.44. The van der Waals surface area contributed by atoms with Gasteiger partial charge in [-0.25, -0.2) is 0 Å². The summed E-state index contributed by atoms with van der Waals surface area (Å²) in [4.78, 5) is 2.16. The number of benzene rings is 1. The summed E-state index contributed by atoms with van der Waals surface area (Å²) in [5.41, 5.74) is 2.05. The number of hydrogen-bond acceptors (Lipinski definition) is 2. The molecule has 0 aromatic heterocycles. The van der Waals surface area contributed by atoms with E-state index < -0.39 is 6.10 Å². The van der Waals surface area contributed by atoms with Crippen molar-refractivity contribution in [2.75, 3.05) is 18.0 Å². The first-order valence-corrected chi connectivity index (χ1v) is 5.43. The molecule has 1 N–H and O–H groups in total. The van der Waals surface area contributed by atoms with Crippen LogP contribution in [0.3, 0.4) is 0 Å². The van der Waals surface area contributed by atoms with Gasteiger partial charge in [0.25, 0.3) is 0 Å². The van der Waals surface area contributed by atoms with Crippen molar-refractivity contribution in [2.24, 2.45) is 0 Å². The monoisotopic (exact) mass is 217 g/mol. The van der Waals surface area contributed by atoms with E-state index in [1.54, 1.807) is 6.92 Å². The largest absolute Gasteiger partial charge is 0.389 e. The molecule has 0 radical (unpaired) electrons. The van der Waals surface area contributed by atoms with Crippen molar-refractivity contribution in [1.82, 2.24) is 0 Å². The molecule has 0 aliphatic carbocycles. The van der Waals surface area contributed by atoms with E-state index in [4.69, 9.17) is 0 Å². The summed E-state index contributed by atoms with van der Waals surface area (Å²) in [7, 11) is 0. The Morgan fingerprint density at radius 3 is 2.06 bits per heavy atom. The molecule has 2 nitrogen and oxygen atoms in total. The first kappa shape index (κ1) is 12.5. The van der Waals surface area contributed by atoms with Crippen molar-refractivity contribution in [2.45, 2.75) is 13.0 Å². The van der Waals surface area contributed by atoms with Crippen molar-refractivity contribution in [1.29, 1.82) is 0 Å². The van der Waals surface area contributed by atoms with E-state index in [0.29, 0.717) is 0 Å². The summed E-state index contributed by atoms with van der Waals surface area (Å²) in [6.45, 7) is 10.8. The Morgan fingerprint density at radius 2 is 1.69 bits per heavy atom. The third kappa shape index (κ3) is 3.24. The lowest BCUT2D eigenvalue weighted by molar-refractivity contribution is 0.199. The molecule has 0 aliphatic rings. The van der Waals surface area contributed by atoms with E-state index in [1.807, 2.05) is 36.4 Å². The van der Waals surface area contributed by atoms with Gasteiger partial charge in [-0.05, 0) is 24.6 Å². The van der Waals surface area contributed by atoms with Crippen LogP contribution in [0.4, 0.5) is 5.69 Å². The molecule has 0 saturated carbocycles. The minimum atomic E-state index is -0.415. The van der Waals surface area contributed by atoms with Crippen LogP contribution in [0, 0.1) is 0 Å². The van der Waals surface area contributed by atoms with E-state index in [-0.39, 0.29) is 0 Å². The normalized spacial score (nSPS) is 11.9. The van der Waals surface area contributed by atoms with Gasteiger partial charge in [0.15, 0.2) is 0 Å². The Morgan fingerprint density at radius 1 is 1.19 bits per heavy atom. The predicted octanol–water partition coefficient (Wildman–Crippen LogP) is 2.92. The maximum absolute atomic E-state index is 9.41. The second-order valence-electron chi connectivity index (χ2n) is 3.75. The Hall–Kier alpha value is -1.54. The molecule has 0 aliphatic heterocycles. The van der Waals surface area contributed by atoms with Gasteiger partial charge in [0.2, 0.25) is 0 Å². The van der Waals surface area contributed by atoms with Crippen molar-refractivity contribution in [3.63, 3.8) is 0 Å². The number of aliphatic hydroxyl groups excluding tert-OH is 1. The molecule has 0 bridgehead atoms. The zero-order chi connectivity index (χ0) is 12.0. The highest BCUT2D eigenvalue weighted by Gasteiger charge is 2.04. The molecule has 0 saturated heterocycles. The number of nitrogens with zero attached hydrogens (tertiary/aromatic N) is 1. The zero-order valence-electron chi connectivity index (χ0n) is 9.76. The molecule has 86 valence electrons. The maximum atomic E-state index is 9.41. The Balaban J connectivity index is 2.84. The predicted molar refractivity (Wildman–Crippen MR) is 69.7 cm³/mol. The van der Waals surface area contributed by atoms with Gasteiger partial charge in [-0.3, -0.25) is 0 Å². The topological polar surface area (TPSA) is 23.5 Å². The van der Waals surface area contributed by atoms with Gasteiger partial charge in [-0.15, -0.1) is 13.2 Å². The van der Waals surface area contributed by atoms with Gasteiger partial charge in [-0.1, -0.05) is 24.3 Å². The minimum Gasteiger partial charge on any atom is -0.389 e. The molecular formula is C14H19NO. The Bertz CT molecular complexity index is 330. The zero-order valence-corrected chi connectivity index (χ0v) is 9.76.